The Bertz CT molecular complexity index is 862. The molecule has 0 bridgehead atoms. The fraction of sp³-hybridized carbons (Fsp3) is 0.304. The number of hydrogen-bond acceptors (Lipinski definition) is 3. The van der Waals surface area contributed by atoms with Crippen LogP contribution in [0.15, 0.2) is 59.1 Å². The zero-order valence-electron chi connectivity index (χ0n) is 16.1. The number of amidine groups is 1. The maximum absolute atomic E-state index is 13.0. The van der Waals surface area contributed by atoms with Crippen molar-refractivity contribution in [3.63, 3.8) is 0 Å². The lowest BCUT2D eigenvalue weighted by atomic mass is 10.0. The normalized spacial score (nSPS) is 13.3. The number of nitrogens with two attached hydrogens (primary N) is 1. The summed E-state index contributed by atoms with van der Waals surface area (Å²) in [6.07, 6.45) is 4.23. The quantitative estimate of drug-likeness (QED) is 0.805. The maximum Gasteiger partial charge on any atom is 0.250 e. The fourth-order valence-corrected chi connectivity index (χ4v) is 3.40. The maximum atomic E-state index is 13.0. The average molecular weight is 361 g/mol. The molecule has 0 unspecified atom stereocenters. The molecule has 0 fully saturated rings. The molecule has 0 saturated heterocycles. The number of nitrogens with zero attached hydrogens (tertiary/aromatic N) is 2. The monoisotopic (exact) mass is 361 g/mol. The van der Waals surface area contributed by atoms with Gasteiger partial charge in [0, 0.05) is 30.6 Å². The van der Waals surface area contributed by atoms with Crippen LogP contribution in [0.1, 0.15) is 38.7 Å². The summed E-state index contributed by atoms with van der Waals surface area (Å²) in [5.74, 6) is 0.545. The number of fused-ring (bicyclic) bond motifs is 1. The zero-order chi connectivity index (χ0) is 19.2. The lowest BCUT2D eigenvalue weighted by Gasteiger charge is -2.22. The van der Waals surface area contributed by atoms with Crippen molar-refractivity contribution >= 4 is 23.5 Å². The number of carbonyl (C=O) groups excluding carboxylic acids is 1. The number of carbonyl (C=O) groups is 1. The van der Waals surface area contributed by atoms with E-state index in [1.165, 1.54) is 0 Å². The highest BCUT2D eigenvalue weighted by molar-refractivity contribution is 6.05. The highest BCUT2D eigenvalue weighted by Crippen LogP contribution is 2.32. The molecule has 1 aliphatic rings. The Balaban J connectivity index is 1.96. The minimum Gasteiger partial charge on any atom is -0.387 e. The molecule has 1 heterocycles. The van der Waals surface area contributed by atoms with E-state index in [0.717, 1.165) is 48.3 Å². The molecule has 0 aliphatic carbocycles. The second-order valence-corrected chi connectivity index (χ2v) is 6.88. The lowest BCUT2D eigenvalue weighted by Crippen LogP contribution is -2.34. The SMILES string of the molecule is CCCN(CCC)C(=O)C1=Cc2ccc(-c3ccccc3)cc2N=C(N)C1. The molecule has 2 N–H and O–H groups in total. The Morgan fingerprint density at radius 1 is 1.04 bits per heavy atom. The molecule has 2 aromatic carbocycles. The third-order valence-corrected chi connectivity index (χ3v) is 4.65. The first kappa shape index (κ1) is 18.9. The Kier molecular flexibility index (Phi) is 6.07. The van der Waals surface area contributed by atoms with Gasteiger partial charge in [0.15, 0.2) is 0 Å². The van der Waals surface area contributed by atoms with E-state index in [0.29, 0.717) is 17.8 Å². The van der Waals surface area contributed by atoms with Crippen LogP contribution in [0, 0.1) is 0 Å². The Labute approximate surface area is 161 Å². The number of benzene rings is 2. The van der Waals surface area contributed by atoms with Crippen molar-refractivity contribution in [3.8, 4) is 11.1 Å². The fourth-order valence-electron chi connectivity index (χ4n) is 3.40. The van der Waals surface area contributed by atoms with Gasteiger partial charge < -0.3 is 10.6 Å². The van der Waals surface area contributed by atoms with E-state index in [4.69, 9.17) is 5.73 Å². The van der Waals surface area contributed by atoms with E-state index >= 15 is 0 Å². The predicted molar refractivity (Wildman–Crippen MR) is 113 cm³/mol. The Hall–Kier alpha value is -2.88. The van der Waals surface area contributed by atoms with Crippen LogP contribution in [0.3, 0.4) is 0 Å². The summed E-state index contributed by atoms with van der Waals surface area (Å²) in [6.45, 7) is 5.71. The van der Waals surface area contributed by atoms with E-state index in [1.54, 1.807) is 0 Å². The molecule has 1 aliphatic heterocycles. The van der Waals surface area contributed by atoms with Gasteiger partial charge in [-0.15, -0.1) is 0 Å². The van der Waals surface area contributed by atoms with Gasteiger partial charge in [0.25, 0.3) is 0 Å². The van der Waals surface area contributed by atoms with Gasteiger partial charge >= 0.3 is 0 Å². The third kappa shape index (κ3) is 4.45. The van der Waals surface area contributed by atoms with E-state index in [1.807, 2.05) is 41.3 Å². The molecule has 4 nitrogen and oxygen atoms in total. The van der Waals surface area contributed by atoms with Crippen LogP contribution >= 0.6 is 0 Å². The topological polar surface area (TPSA) is 58.7 Å². The van der Waals surface area contributed by atoms with Crippen LogP contribution in [0.25, 0.3) is 17.2 Å². The van der Waals surface area contributed by atoms with Gasteiger partial charge in [0.2, 0.25) is 5.91 Å². The molecular weight excluding hydrogens is 334 g/mol. The van der Waals surface area contributed by atoms with Gasteiger partial charge in [-0.3, -0.25) is 4.79 Å². The number of hydrogen-bond donors (Lipinski definition) is 1. The molecule has 4 heteroatoms. The van der Waals surface area contributed by atoms with Crippen molar-refractivity contribution in [2.45, 2.75) is 33.1 Å². The number of rotatable bonds is 6. The molecule has 0 saturated carbocycles. The minimum atomic E-state index is 0.0665. The largest absolute Gasteiger partial charge is 0.387 e. The molecule has 0 spiro atoms. The van der Waals surface area contributed by atoms with Crippen LogP contribution in [-0.4, -0.2) is 29.7 Å². The lowest BCUT2D eigenvalue weighted by molar-refractivity contribution is -0.127. The zero-order valence-corrected chi connectivity index (χ0v) is 16.1. The summed E-state index contributed by atoms with van der Waals surface area (Å²) < 4.78 is 0. The molecule has 140 valence electrons. The second kappa shape index (κ2) is 8.67. The smallest absolute Gasteiger partial charge is 0.250 e. The molecule has 0 atom stereocenters. The summed E-state index contributed by atoms with van der Waals surface area (Å²) in [7, 11) is 0. The van der Waals surface area contributed by atoms with Crippen LogP contribution in [-0.2, 0) is 4.79 Å². The standard InChI is InChI=1S/C23H27N3O/c1-3-12-26(13-4-2)23(27)20-14-19-11-10-18(17-8-6-5-7-9-17)15-21(19)25-22(24)16-20/h5-11,14-15H,3-4,12-13,16H2,1-2H3,(H2,24,25). The van der Waals surface area contributed by atoms with E-state index in [2.05, 4.69) is 37.0 Å². The highest BCUT2D eigenvalue weighted by atomic mass is 16.2. The van der Waals surface area contributed by atoms with Crippen molar-refractivity contribution in [2.24, 2.45) is 10.7 Å². The summed E-state index contributed by atoms with van der Waals surface area (Å²) in [5, 5.41) is 0. The second-order valence-electron chi connectivity index (χ2n) is 6.88. The van der Waals surface area contributed by atoms with Crippen LogP contribution < -0.4 is 5.73 Å². The van der Waals surface area contributed by atoms with Gasteiger partial charge in [-0.05, 0) is 36.1 Å². The molecule has 1 amide bonds. The van der Waals surface area contributed by atoms with Crippen molar-refractivity contribution in [1.29, 1.82) is 0 Å². The first-order chi connectivity index (χ1) is 13.1. The van der Waals surface area contributed by atoms with Crippen molar-refractivity contribution in [3.05, 3.63) is 59.7 Å². The first-order valence-corrected chi connectivity index (χ1v) is 9.64. The Morgan fingerprint density at radius 3 is 2.41 bits per heavy atom. The number of amides is 1. The summed E-state index contributed by atoms with van der Waals surface area (Å²) in [5.41, 5.74) is 10.8. The van der Waals surface area contributed by atoms with Gasteiger partial charge in [0.05, 0.1) is 5.69 Å². The molecular formula is C23H27N3O. The molecule has 2 aromatic rings. The summed E-state index contributed by atoms with van der Waals surface area (Å²) in [6, 6.07) is 16.3. The molecule has 0 radical (unpaired) electrons. The van der Waals surface area contributed by atoms with Crippen molar-refractivity contribution in [2.75, 3.05) is 13.1 Å². The van der Waals surface area contributed by atoms with Crippen molar-refractivity contribution in [1.82, 2.24) is 4.90 Å². The first-order valence-electron chi connectivity index (χ1n) is 9.64. The van der Waals surface area contributed by atoms with E-state index in [9.17, 15) is 4.79 Å². The van der Waals surface area contributed by atoms with Crippen LogP contribution in [0.5, 0.6) is 0 Å². The Morgan fingerprint density at radius 2 is 1.74 bits per heavy atom. The minimum absolute atomic E-state index is 0.0665. The van der Waals surface area contributed by atoms with Gasteiger partial charge in [-0.25, -0.2) is 4.99 Å². The molecule has 0 aromatic heterocycles. The van der Waals surface area contributed by atoms with Gasteiger partial charge in [-0.2, -0.15) is 0 Å². The summed E-state index contributed by atoms with van der Waals surface area (Å²) >= 11 is 0. The molecule has 27 heavy (non-hydrogen) atoms. The van der Waals surface area contributed by atoms with E-state index in [-0.39, 0.29) is 5.91 Å². The number of aliphatic imine (C=N–C) groups is 1. The van der Waals surface area contributed by atoms with Crippen LogP contribution in [0.2, 0.25) is 0 Å². The molecule has 3 rings (SSSR count). The van der Waals surface area contributed by atoms with E-state index < -0.39 is 0 Å². The highest BCUT2D eigenvalue weighted by Gasteiger charge is 2.20. The summed E-state index contributed by atoms with van der Waals surface area (Å²) in [4.78, 5) is 19.5. The van der Waals surface area contributed by atoms with Gasteiger partial charge in [-0.1, -0.05) is 56.3 Å². The predicted octanol–water partition coefficient (Wildman–Crippen LogP) is 4.78. The van der Waals surface area contributed by atoms with Crippen molar-refractivity contribution < 1.29 is 4.79 Å². The third-order valence-electron chi connectivity index (χ3n) is 4.65. The van der Waals surface area contributed by atoms with Crippen LogP contribution in [0.4, 0.5) is 5.69 Å². The average Bonchev–Trinajstić information content (AvgIpc) is 2.85. The van der Waals surface area contributed by atoms with Gasteiger partial charge in [0.1, 0.15) is 5.84 Å².